The van der Waals surface area contributed by atoms with Crippen LogP contribution in [0.15, 0.2) is 42.5 Å². The molecule has 0 bridgehead atoms. The van der Waals surface area contributed by atoms with Crippen LogP contribution in [-0.4, -0.2) is 5.91 Å². The minimum atomic E-state index is -0.536. The number of rotatable bonds is 4. The van der Waals surface area contributed by atoms with E-state index in [9.17, 15) is 4.79 Å². The Morgan fingerprint density at radius 3 is 2.46 bits per heavy atom. The standard InChI is InChI=1S/C20H24N2O.ClH/c1-14-4-8-18(9-5-14)20(2,3)19(23)22-11-15-6-7-16-12-21-13-17(16)10-15;/h4-10,21H,11-13H2,1-3H3,(H,22,23);1H. The Hall–Kier alpha value is -1.84. The molecule has 2 aromatic carbocycles. The number of benzene rings is 2. The lowest BCUT2D eigenvalue weighted by atomic mass is 9.83. The third-order valence-corrected chi connectivity index (χ3v) is 4.70. The van der Waals surface area contributed by atoms with Crippen molar-refractivity contribution >= 4 is 18.3 Å². The highest BCUT2D eigenvalue weighted by Crippen LogP contribution is 2.24. The number of carbonyl (C=O) groups excluding carboxylic acids is 1. The second kappa shape index (κ2) is 7.37. The number of nitrogens with one attached hydrogen (secondary N) is 2. The number of halogens is 1. The van der Waals surface area contributed by atoms with E-state index in [1.165, 1.54) is 16.7 Å². The summed E-state index contributed by atoms with van der Waals surface area (Å²) in [7, 11) is 0. The molecule has 2 N–H and O–H groups in total. The van der Waals surface area contributed by atoms with Crippen LogP contribution in [0.3, 0.4) is 0 Å². The normalized spacial score (nSPS) is 13.1. The highest BCUT2D eigenvalue weighted by Gasteiger charge is 2.29. The first-order valence-electron chi connectivity index (χ1n) is 8.13. The number of aryl methyl sites for hydroxylation is 1. The van der Waals surface area contributed by atoms with E-state index in [0.29, 0.717) is 6.54 Å². The van der Waals surface area contributed by atoms with Crippen LogP contribution in [0.1, 0.15) is 41.7 Å². The fourth-order valence-corrected chi connectivity index (χ4v) is 2.96. The van der Waals surface area contributed by atoms with Crippen LogP contribution in [0.2, 0.25) is 0 Å². The quantitative estimate of drug-likeness (QED) is 0.889. The molecule has 0 fully saturated rings. The third-order valence-electron chi connectivity index (χ3n) is 4.70. The fourth-order valence-electron chi connectivity index (χ4n) is 2.96. The zero-order chi connectivity index (χ0) is 16.4. The minimum absolute atomic E-state index is 0. The van der Waals surface area contributed by atoms with Crippen molar-refractivity contribution in [3.63, 3.8) is 0 Å². The molecule has 1 amide bonds. The lowest BCUT2D eigenvalue weighted by molar-refractivity contribution is -0.125. The molecule has 128 valence electrons. The van der Waals surface area contributed by atoms with Gasteiger partial charge in [-0.1, -0.05) is 48.0 Å². The predicted molar refractivity (Wildman–Crippen MR) is 100 cm³/mol. The van der Waals surface area contributed by atoms with Gasteiger partial charge in [-0.05, 0) is 43.0 Å². The number of amides is 1. The fraction of sp³-hybridized carbons (Fsp3) is 0.350. The lowest BCUT2D eigenvalue weighted by Gasteiger charge is -2.24. The van der Waals surface area contributed by atoms with Crippen molar-refractivity contribution < 1.29 is 4.79 Å². The molecule has 3 rings (SSSR count). The summed E-state index contributed by atoms with van der Waals surface area (Å²) in [6, 6.07) is 14.6. The monoisotopic (exact) mass is 344 g/mol. The molecule has 24 heavy (non-hydrogen) atoms. The van der Waals surface area contributed by atoms with Gasteiger partial charge in [0.05, 0.1) is 5.41 Å². The van der Waals surface area contributed by atoms with Gasteiger partial charge in [-0.15, -0.1) is 12.4 Å². The van der Waals surface area contributed by atoms with Crippen molar-refractivity contribution in [1.29, 1.82) is 0 Å². The van der Waals surface area contributed by atoms with E-state index in [1.54, 1.807) is 0 Å². The first kappa shape index (κ1) is 18.5. The SMILES string of the molecule is Cc1ccc(C(C)(C)C(=O)NCc2ccc3c(c2)CNC3)cc1.Cl. The summed E-state index contributed by atoms with van der Waals surface area (Å²) in [6.45, 7) is 8.44. The summed E-state index contributed by atoms with van der Waals surface area (Å²) in [5.74, 6) is 0.0555. The average Bonchev–Trinajstić information content (AvgIpc) is 3.00. The molecule has 0 radical (unpaired) electrons. The maximum absolute atomic E-state index is 12.6. The average molecular weight is 345 g/mol. The summed E-state index contributed by atoms with van der Waals surface area (Å²) in [6.07, 6.45) is 0. The van der Waals surface area contributed by atoms with Crippen LogP contribution in [0.5, 0.6) is 0 Å². The Balaban J connectivity index is 0.00000208. The van der Waals surface area contributed by atoms with Crippen LogP contribution in [0, 0.1) is 6.92 Å². The van der Waals surface area contributed by atoms with Crippen LogP contribution in [-0.2, 0) is 29.8 Å². The van der Waals surface area contributed by atoms with Crippen LogP contribution in [0.4, 0.5) is 0 Å². The first-order valence-corrected chi connectivity index (χ1v) is 8.13. The highest BCUT2D eigenvalue weighted by molar-refractivity contribution is 5.87. The molecule has 4 heteroatoms. The molecule has 0 saturated carbocycles. The molecule has 1 heterocycles. The van der Waals surface area contributed by atoms with Gasteiger partial charge in [-0.2, -0.15) is 0 Å². The molecule has 0 unspecified atom stereocenters. The summed E-state index contributed by atoms with van der Waals surface area (Å²) >= 11 is 0. The van der Waals surface area contributed by atoms with E-state index in [-0.39, 0.29) is 18.3 Å². The topological polar surface area (TPSA) is 41.1 Å². The Kier molecular flexibility index (Phi) is 5.68. The maximum atomic E-state index is 12.6. The third kappa shape index (κ3) is 3.80. The molecule has 0 spiro atoms. The van der Waals surface area contributed by atoms with Crippen molar-refractivity contribution in [1.82, 2.24) is 10.6 Å². The van der Waals surface area contributed by atoms with Crippen molar-refractivity contribution in [2.24, 2.45) is 0 Å². The van der Waals surface area contributed by atoms with Crippen molar-refractivity contribution in [3.05, 3.63) is 70.3 Å². The molecule has 3 nitrogen and oxygen atoms in total. The Labute approximate surface area is 150 Å². The van der Waals surface area contributed by atoms with Crippen LogP contribution < -0.4 is 10.6 Å². The zero-order valence-electron chi connectivity index (χ0n) is 14.5. The van der Waals surface area contributed by atoms with Gasteiger partial charge in [0.15, 0.2) is 0 Å². The van der Waals surface area contributed by atoms with E-state index in [2.05, 4.69) is 47.9 Å². The van der Waals surface area contributed by atoms with Gasteiger partial charge in [-0.3, -0.25) is 4.79 Å². The van der Waals surface area contributed by atoms with Gasteiger partial charge in [-0.25, -0.2) is 0 Å². The number of carbonyl (C=O) groups is 1. The molecule has 0 saturated heterocycles. The summed E-state index contributed by atoms with van der Waals surface area (Å²) < 4.78 is 0. The van der Waals surface area contributed by atoms with Gasteiger partial charge in [0.25, 0.3) is 0 Å². The van der Waals surface area contributed by atoms with Crippen LogP contribution >= 0.6 is 12.4 Å². The lowest BCUT2D eigenvalue weighted by Crippen LogP contribution is -2.39. The van der Waals surface area contributed by atoms with Gasteiger partial charge < -0.3 is 10.6 Å². The molecule has 0 aliphatic carbocycles. The van der Waals surface area contributed by atoms with Gasteiger partial charge in [0.2, 0.25) is 5.91 Å². The first-order chi connectivity index (χ1) is 11.0. The Morgan fingerprint density at radius 1 is 1.08 bits per heavy atom. The van der Waals surface area contributed by atoms with Gasteiger partial charge >= 0.3 is 0 Å². The molecule has 2 aromatic rings. The van der Waals surface area contributed by atoms with Gasteiger partial charge in [0, 0.05) is 19.6 Å². The smallest absolute Gasteiger partial charge is 0.230 e. The molecular formula is C20H25ClN2O. The summed E-state index contributed by atoms with van der Waals surface area (Å²) in [5, 5.41) is 6.43. The second-order valence-corrected chi connectivity index (χ2v) is 6.88. The minimum Gasteiger partial charge on any atom is -0.351 e. The van der Waals surface area contributed by atoms with E-state index < -0.39 is 5.41 Å². The predicted octanol–water partition coefficient (Wildman–Crippen LogP) is 3.61. The molecule has 0 atom stereocenters. The van der Waals surface area contributed by atoms with E-state index >= 15 is 0 Å². The van der Waals surface area contributed by atoms with Crippen molar-refractivity contribution in [2.45, 2.75) is 45.8 Å². The molecular weight excluding hydrogens is 320 g/mol. The Bertz CT molecular complexity index is 723. The van der Waals surface area contributed by atoms with E-state index in [1.807, 2.05) is 26.0 Å². The number of hydrogen-bond donors (Lipinski definition) is 2. The second-order valence-electron chi connectivity index (χ2n) is 6.88. The number of fused-ring (bicyclic) bond motifs is 1. The van der Waals surface area contributed by atoms with Crippen molar-refractivity contribution in [2.75, 3.05) is 0 Å². The van der Waals surface area contributed by atoms with Crippen LogP contribution in [0.25, 0.3) is 0 Å². The highest BCUT2D eigenvalue weighted by atomic mass is 35.5. The van der Waals surface area contributed by atoms with E-state index in [4.69, 9.17) is 0 Å². The van der Waals surface area contributed by atoms with E-state index in [0.717, 1.165) is 24.2 Å². The molecule has 1 aliphatic heterocycles. The number of hydrogen-bond acceptors (Lipinski definition) is 2. The maximum Gasteiger partial charge on any atom is 0.230 e. The largest absolute Gasteiger partial charge is 0.351 e. The Morgan fingerprint density at radius 2 is 1.75 bits per heavy atom. The summed E-state index contributed by atoms with van der Waals surface area (Å²) in [5.41, 5.74) is 5.57. The summed E-state index contributed by atoms with van der Waals surface area (Å²) in [4.78, 5) is 12.6. The zero-order valence-corrected chi connectivity index (χ0v) is 15.3. The molecule has 0 aromatic heterocycles. The molecule has 1 aliphatic rings. The van der Waals surface area contributed by atoms with Gasteiger partial charge in [0.1, 0.15) is 0 Å². The van der Waals surface area contributed by atoms with Crippen molar-refractivity contribution in [3.8, 4) is 0 Å².